The molecular weight excluding hydrogens is 390 g/mol. The van der Waals surface area contributed by atoms with Crippen LogP contribution in [0.4, 0.5) is 5.82 Å². The Morgan fingerprint density at radius 1 is 1.10 bits per heavy atom. The lowest BCUT2D eigenvalue weighted by atomic mass is 10.2. The van der Waals surface area contributed by atoms with E-state index in [4.69, 9.17) is 0 Å². The van der Waals surface area contributed by atoms with Crippen molar-refractivity contribution in [2.75, 3.05) is 37.6 Å². The van der Waals surface area contributed by atoms with Gasteiger partial charge in [-0.1, -0.05) is 20.8 Å². The standard InChI is InChI=1S/C20H35N5O3S/c1-5-16(4)22-20(26)15-24-10-12-25(13-11-24)19-9-8-18(14-21-19)29(27,28)23-17(6-2)7-3/h8-9,14,16-17,23H,5-7,10-13,15H2,1-4H3,(H,22,26). The number of rotatable bonds is 10. The number of hydrogen-bond donors (Lipinski definition) is 2. The zero-order valence-electron chi connectivity index (χ0n) is 18.0. The molecule has 0 spiro atoms. The van der Waals surface area contributed by atoms with Gasteiger partial charge in [-0.15, -0.1) is 0 Å². The summed E-state index contributed by atoms with van der Waals surface area (Å²) in [5.41, 5.74) is 0. The van der Waals surface area contributed by atoms with Gasteiger partial charge in [-0.05, 0) is 38.3 Å². The molecule has 1 aliphatic heterocycles. The molecule has 1 aliphatic rings. The van der Waals surface area contributed by atoms with Crippen LogP contribution in [-0.4, -0.2) is 69.0 Å². The first-order valence-electron chi connectivity index (χ1n) is 10.5. The molecular formula is C20H35N5O3S. The van der Waals surface area contributed by atoms with E-state index in [1.807, 2.05) is 20.8 Å². The molecule has 1 saturated heterocycles. The van der Waals surface area contributed by atoms with Crippen LogP contribution in [0.25, 0.3) is 0 Å². The first-order valence-corrected chi connectivity index (χ1v) is 12.0. The molecule has 9 heteroatoms. The van der Waals surface area contributed by atoms with Gasteiger partial charge in [0.1, 0.15) is 10.7 Å². The van der Waals surface area contributed by atoms with Crippen molar-refractivity contribution in [3.8, 4) is 0 Å². The lowest BCUT2D eigenvalue weighted by molar-refractivity contribution is -0.122. The summed E-state index contributed by atoms with van der Waals surface area (Å²) in [5, 5.41) is 2.99. The van der Waals surface area contributed by atoms with Crippen LogP contribution in [0.15, 0.2) is 23.2 Å². The molecule has 8 nitrogen and oxygen atoms in total. The maximum atomic E-state index is 12.5. The van der Waals surface area contributed by atoms with Crippen molar-refractivity contribution < 1.29 is 13.2 Å². The third kappa shape index (κ3) is 6.94. The molecule has 1 fully saturated rings. The molecule has 1 atom stereocenters. The van der Waals surface area contributed by atoms with Crippen molar-refractivity contribution in [3.05, 3.63) is 18.3 Å². The van der Waals surface area contributed by atoms with E-state index in [-0.39, 0.29) is 22.9 Å². The lowest BCUT2D eigenvalue weighted by Gasteiger charge is -2.35. The van der Waals surface area contributed by atoms with Crippen LogP contribution in [0, 0.1) is 0 Å². The van der Waals surface area contributed by atoms with Gasteiger partial charge < -0.3 is 10.2 Å². The number of nitrogens with one attached hydrogen (secondary N) is 2. The highest BCUT2D eigenvalue weighted by Gasteiger charge is 2.22. The highest BCUT2D eigenvalue weighted by molar-refractivity contribution is 7.89. The number of pyridine rings is 1. The number of aromatic nitrogens is 1. The second-order valence-corrected chi connectivity index (χ2v) is 9.34. The zero-order chi connectivity index (χ0) is 21.4. The van der Waals surface area contributed by atoms with Crippen LogP contribution >= 0.6 is 0 Å². The van der Waals surface area contributed by atoms with E-state index in [0.29, 0.717) is 6.54 Å². The smallest absolute Gasteiger partial charge is 0.242 e. The topological polar surface area (TPSA) is 94.6 Å². The van der Waals surface area contributed by atoms with Crippen LogP contribution in [0.1, 0.15) is 47.0 Å². The molecule has 0 saturated carbocycles. The summed E-state index contributed by atoms with van der Waals surface area (Å²) in [6, 6.07) is 3.50. The van der Waals surface area contributed by atoms with E-state index >= 15 is 0 Å². The molecule has 2 N–H and O–H groups in total. The summed E-state index contributed by atoms with van der Waals surface area (Å²) in [6.45, 7) is 11.4. The normalized spacial score (nSPS) is 16.8. The van der Waals surface area contributed by atoms with Crippen LogP contribution in [0.2, 0.25) is 0 Å². The zero-order valence-corrected chi connectivity index (χ0v) is 18.8. The summed E-state index contributed by atoms with van der Waals surface area (Å²) in [6.07, 6.45) is 3.85. The molecule has 29 heavy (non-hydrogen) atoms. The minimum absolute atomic E-state index is 0.0606. The van der Waals surface area contributed by atoms with E-state index in [0.717, 1.165) is 51.3 Å². The Bertz CT molecular complexity index is 742. The number of anilines is 1. The van der Waals surface area contributed by atoms with Crippen LogP contribution < -0.4 is 14.9 Å². The fraction of sp³-hybridized carbons (Fsp3) is 0.700. The summed E-state index contributed by atoms with van der Waals surface area (Å²) in [5.74, 6) is 0.820. The second-order valence-electron chi connectivity index (χ2n) is 7.63. The van der Waals surface area contributed by atoms with Crippen LogP contribution in [-0.2, 0) is 14.8 Å². The van der Waals surface area contributed by atoms with E-state index in [1.165, 1.54) is 6.20 Å². The van der Waals surface area contributed by atoms with Gasteiger partial charge in [0.25, 0.3) is 0 Å². The second kappa shape index (κ2) is 10.9. The molecule has 2 rings (SSSR count). The third-order valence-corrected chi connectivity index (χ3v) is 6.93. The molecule has 0 bridgehead atoms. The van der Waals surface area contributed by atoms with Crippen molar-refractivity contribution in [1.82, 2.24) is 19.9 Å². The number of sulfonamides is 1. The predicted molar refractivity (Wildman–Crippen MR) is 115 cm³/mol. The monoisotopic (exact) mass is 425 g/mol. The first-order chi connectivity index (χ1) is 13.8. The Hall–Kier alpha value is -1.71. The summed E-state index contributed by atoms with van der Waals surface area (Å²) in [7, 11) is -3.55. The summed E-state index contributed by atoms with van der Waals surface area (Å²) >= 11 is 0. The van der Waals surface area contributed by atoms with E-state index in [1.54, 1.807) is 12.1 Å². The molecule has 0 aromatic carbocycles. The molecule has 0 radical (unpaired) electrons. The summed E-state index contributed by atoms with van der Waals surface area (Å²) in [4.78, 5) is 20.9. The average molecular weight is 426 g/mol. The predicted octanol–water partition coefficient (Wildman–Crippen LogP) is 1.59. The Morgan fingerprint density at radius 2 is 1.76 bits per heavy atom. The molecule has 1 amide bonds. The van der Waals surface area contributed by atoms with Crippen LogP contribution in [0.3, 0.4) is 0 Å². The Kier molecular flexibility index (Phi) is 8.85. The van der Waals surface area contributed by atoms with Gasteiger partial charge in [0, 0.05) is 44.5 Å². The Morgan fingerprint density at radius 3 is 2.28 bits per heavy atom. The largest absolute Gasteiger partial charge is 0.354 e. The van der Waals surface area contributed by atoms with Gasteiger partial charge in [0.2, 0.25) is 15.9 Å². The number of nitrogens with zero attached hydrogens (tertiary/aromatic N) is 3. The van der Waals surface area contributed by atoms with E-state index < -0.39 is 10.0 Å². The SMILES string of the molecule is CCC(C)NC(=O)CN1CCN(c2ccc(S(=O)(=O)NC(CC)CC)cn2)CC1. The molecule has 1 unspecified atom stereocenters. The van der Waals surface area contributed by atoms with Crippen LogP contribution in [0.5, 0.6) is 0 Å². The third-order valence-electron chi connectivity index (χ3n) is 5.42. The molecule has 1 aromatic heterocycles. The molecule has 0 aliphatic carbocycles. The highest BCUT2D eigenvalue weighted by atomic mass is 32.2. The van der Waals surface area contributed by atoms with Gasteiger partial charge in [0.05, 0.1) is 6.54 Å². The van der Waals surface area contributed by atoms with Crippen molar-refractivity contribution >= 4 is 21.7 Å². The number of carbonyl (C=O) groups is 1. The first kappa shape index (κ1) is 23.6. The number of amides is 1. The maximum absolute atomic E-state index is 12.5. The van der Waals surface area contributed by atoms with E-state index in [2.05, 4.69) is 31.7 Å². The fourth-order valence-corrected chi connectivity index (χ4v) is 4.57. The van der Waals surface area contributed by atoms with Crippen molar-refractivity contribution in [2.24, 2.45) is 0 Å². The summed E-state index contributed by atoms with van der Waals surface area (Å²) < 4.78 is 27.7. The maximum Gasteiger partial charge on any atom is 0.242 e. The average Bonchev–Trinajstić information content (AvgIpc) is 2.72. The van der Waals surface area contributed by atoms with E-state index in [9.17, 15) is 13.2 Å². The molecule has 1 aromatic rings. The fourth-order valence-electron chi connectivity index (χ4n) is 3.22. The van der Waals surface area contributed by atoms with Gasteiger partial charge in [-0.25, -0.2) is 18.1 Å². The minimum Gasteiger partial charge on any atom is -0.354 e. The number of hydrogen-bond acceptors (Lipinski definition) is 6. The quantitative estimate of drug-likeness (QED) is 0.591. The number of piperazine rings is 1. The Labute approximate surface area is 175 Å². The molecule has 2 heterocycles. The lowest BCUT2D eigenvalue weighted by Crippen LogP contribution is -2.50. The van der Waals surface area contributed by atoms with Gasteiger partial charge in [-0.2, -0.15) is 0 Å². The van der Waals surface area contributed by atoms with Crippen molar-refractivity contribution in [3.63, 3.8) is 0 Å². The van der Waals surface area contributed by atoms with Gasteiger partial charge >= 0.3 is 0 Å². The Balaban J connectivity index is 1.89. The number of carbonyl (C=O) groups excluding carboxylic acids is 1. The van der Waals surface area contributed by atoms with Gasteiger partial charge in [-0.3, -0.25) is 9.69 Å². The molecule has 164 valence electrons. The minimum atomic E-state index is -3.55. The van der Waals surface area contributed by atoms with Gasteiger partial charge in [0.15, 0.2) is 0 Å². The highest BCUT2D eigenvalue weighted by Crippen LogP contribution is 2.17. The van der Waals surface area contributed by atoms with Crippen molar-refractivity contribution in [1.29, 1.82) is 0 Å². The van der Waals surface area contributed by atoms with Crippen molar-refractivity contribution in [2.45, 2.75) is 63.9 Å².